The molecule has 3 aromatic rings. The van der Waals surface area contributed by atoms with Crippen LogP contribution in [0, 0.1) is 20.8 Å². The van der Waals surface area contributed by atoms with Gasteiger partial charge in [-0.15, -0.1) is 0 Å². The van der Waals surface area contributed by atoms with Gasteiger partial charge in [0, 0.05) is 18.7 Å². The van der Waals surface area contributed by atoms with Crippen LogP contribution in [0.15, 0.2) is 6.07 Å². The fourth-order valence-corrected chi connectivity index (χ4v) is 5.20. The van der Waals surface area contributed by atoms with Crippen molar-refractivity contribution < 1.29 is 0 Å². The maximum absolute atomic E-state index is 4.96. The van der Waals surface area contributed by atoms with Gasteiger partial charge in [-0.05, 0) is 58.9 Å². The van der Waals surface area contributed by atoms with Gasteiger partial charge in [0.15, 0.2) is 10.8 Å². The van der Waals surface area contributed by atoms with E-state index in [2.05, 4.69) is 63.9 Å². The van der Waals surface area contributed by atoms with Crippen molar-refractivity contribution in [1.29, 1.82) is 0 Å². The van der Waals surface area contributed by atoms with E-state index in [0.717, 1.165) is 65.9 Å². The molecule has 0 spiro atoms. The Morgan fingerprint density at radius 2 is 1.75 bits per heavy atom. The number of thiazole rings is 1. The summed E-state index contributed by atoms with van der Waals surface area (Å²) in [5.41, 5.74) is 6.54. The fraction of sp³-hybridized carbons (Fsp3) is 0.591. The van der Waals surface area contributed by atoms with Crippen LogP contribution in [0.25, 0.3) is 16.2 Å². The van der Waals surface area contributed by atoms with Crippen LogP contribution in [0.2, 0.25) is 0 Å². The molecule has 0 unspecified atom stereocenters. The highest BCUT2D eigenvalue weighted by Crippen LogP contribution is 2.38. The van der Waals surface area contributed by atoms with Gasteiger partial charge in [-0.1, -0.05) is 32.1 Å². The van der Waals surface area contributed by atoms with Gasteiger partial charge in [0.25, 0.3) is 0 Å². The number of anilines is 1. The number of imidazole rings is 1. The van der Waals surface area contributed by atoms with Crippen LogP contribution in [-0.4, -0.2) is 32.7 Å². The minimum Gasteiger partial charge on any atom is -0.348 e. The Morgan fingerprint density at radius 1 is 1.04 bits per heavy atom. The first-order chi connectivity index (χ1) is 13.4. The smallest absolute Gasteiger partial charge is 0.186 e. The summed E-state index contributed by atoms with van der Waals surface area (Å²) in [6.45, 7) is 17.2. The molecule has 0 bridgehead atoms. The van der Waals surface area contributed by atoms with Crippen molar-refractivity contribution in [2.75, 3.05) is 18.0 Å². The minimum atomic E-state index is 0.511. The Kier molecular flexibility index (Phi) is 6.38. The lowest BCUT2D eigenvalue weighted by Gasteiger charge is -2.18. The van der Waals surface area contributed by atoms with Gasteiger partial charge < -0.3 is 4.90 Å². The SMILES string of the molecule is CCCN(CC)c1nc(C)c(-c2c(C)nc3c(C(CC)CC)cc(C)nn23)s1. The summed E-state index contributed by atoms with van der Waals surface area (Å²) in [5.74, 6) is 0.511. The molecule has 0 aliphatic heterocycles. The monoisotopic (exact) mass is 399 g/mol. The van der Waals surface area contributed by atoms with Gasteiger partial charge >= 0.3 is 0 Å². The lowest BCUT2D eigenvalue weighted by Crippen LogP contribution is -2.23. The normalized spacial score (nSPS) is 11.7. The largest absolute Gasteiger partial charge is 0.348 e. The van der Waals surface area contributed by atoms with Crippen molar-refractivity contribution in [1.82, 2.24) is 19.6 Å². The van der Waals surface area contributed by atoms with Crippen molar-refractivity contribution in [2.24, 2.45) is 0 Å². The van der Waals surface area contributed by atoms with Crippen molar-refractivity contribution in [2.45, 2.75) is 73.6 Å². The summed E-state index contributed by atoms with van der Waals surface area (Å²) in [6, 6.07) is 2.22. The zero-order valence-corrected chi connectivity index (χ0v) is 19.2. The molecule has 0 aliphatic rings. The van der Waals surface area contributed by atoms with Crippen LogP contribution in [0.3, 0.4) is 0 Å². The average Bonchev–Trinajstić information content (AvgIpc) is 3.19. The molecule has 0 radical (unpaired) electrons. The molecule has 3 heterocycles. The van der Waals surface area contributed by atoms with Crippen LogP contribution in [-0.2, 0) is 0 Å². The van der Waals surface area contributed by atoms with Crippen LogP contribution in [0.1, 0.15) is 75.5 Å². The van der Waals surface area contributed by atoms with Gasteiger partial charge in [-0.2, -0.15) is 5.10 Å². The van der Waals surface area contributed by atoms with Gasteiger partial charge in [0.1, 0.15) is 5.69 Å². The second-order valence-electron chi connectivity index (χ2n) is 7.53. The van der Waals surface area contributed by atoms with E-state index < -0.39 is 0 Å². The van der Waals surface area contributed by atoms with Crippen molar-refractivity contribution >= 4 is 22.1 Å². The highest BCUT2D eigenvalue weighted by Gasteiger charge is 2.23. The number of nitrogens with zero attached hydrogens (tertiary/aromatic N) is 5. The Balaban J connectivity index is 2.20. The summed E-state index contributed by atoms with van der Waals surface area (Å²) >= 11 is 1.76. The summed E-state index contributed by atoms with van der Waals surface area (Å²) < 4.78 is 2.07. The van der Waals surface area contributed by atoms with E-state index in [9.17, 15) is 0 Å². The molecule has 3 rings (SSSR count). The summed E-state index contributed by atoms with van der Waals surface area (Å²) in [7, 11) is 0. The highest BCUT2D eigenvalue weighted by atomic mass is 32.1. The van der Waals surface area contributed by atoms with E-state index in [1.54, 1.807) is 11.3 Å². The topological polar surface area (TPSA) is 46.3 Å². The van der Waals surface area contributed by atoms with E-state index in [1.807, 2.05) is 0 Å². The molecule has 5 nitrogen and oxygen atoms in total. The molecule has 28 heavy (non-hydrogen) atoms. The number of rotatable bonds is 8. The Labute approximate surface area is 172 Å². The predicted octanol–water partition coefficient (Wildman–Crippen LogP) is 5.92. The van der Waals surface area contributed by atoms with Gasteiger partial charge in [0.2, 0.25) is 0 Å². The molecular formula is C22H33N5S. The lowest BCUT2D eigenvalue weighted by molar-refractivity contribution is 0.638. The zero-order valence-electron chi connectivity index (χ0n) is 18.3. The van der Waals surface area contributed by atoms with Gasteiger partial charge in [-0.25, -0.2) is 14.5 Å². The van der Waals surface area contributed by atoms with Crippen LogP contribution < -0.4 is 4.90 Å². The van der Waals surface area contributed by atoms with Crippen molar-refractivity contribution in [3.63, 3.8) is 0 Å². The van der Waals surface area contributed by atoms with E-state index in [-0.39, 0.29) is 0 Å². The standard InChI is InChI=1S/C22H33N5S/c1-8-12-26(11-4)22-24-16(7)20(28-22)19-15(6)23-21-18(17(9-2)10-3)13-14(5)25-27(19)21/h13,17H,8-12H2,1-7H3. The maximum atomic E-state index is 4.96. The summed E-state index contributed by atoms with van der Waals surface area (Å²) in [6.07, 6.45) is 3.35. The number of aromatic nitrogens is 4. The number of hydrogen-bond acceptors (Lipinski definition) is 5. The predicted molar refractivity (Wildman–Crippen MR) is 120 cm³/mol. The van der Waals surface area contributed by atoms with Gasteiger partial charge in [-0.3, -0.25) is 0 Å². The summed E-state index contributed by atoms with van der Waals surface area (Å²) in [4.78, 5) is 13.4. The van der Waals surface area contributed by atoms with E-state index >= 15 is 0 Å². The lowest BCUT2D eigenvalue weighted by atomic mass is 9.95. The van der Waals surface area contributed by atoms with E-state index in [0.29, 0.717) is 5.92 Å². The van der Waals surface area contributed by atoms with Crippen LogP contribution in [0.4, 0.5) is 5.13 Å². The van der Waals surface area contributed by atoms with Crippen molar-refractivity contribution in [3.8, 4) is 10.6 Å². The molecule has 6 heteroatoms. The number of fused-ring (bicyclic) bond motifs is 1. The first kappa shape index (κ1) is 20.8. The molecular weight excluding hydrogens is 366 g/mol. The molecule has 0 saturated heterocycles. The molecule has 0 saturated carbocycles. The molecule has 0 atom stereocenters. The fourth-order valence-electron chi connectivity index (χ4n) is 3.96. The quantitative estimate of drug-likeness (QED) is 0.472. The molecule has 0 fully saturated rings. The minimum absolute atomic E-state index is 0.511. The van der Waals surface area contributed by atoms with E-state index in [1.165, 1.54) is 10.4 Å². The zero-order chi connectivity index (χ0) is 20.4. The second-order valence-corrected chi connectivity index (χ2v) is 8.50. The summed E-state index contributed by atoms with van der Waals surface area (Å²) in [5, 5.41) is 5.95. The Bertz CT molecular complexity index is 952. The maximum Gasteiger partial charge on any atom is 0.186 e. The molecule has 0 aliphatic carbocycles. The Morgan fingerprint density at radius 3 is 2.36 bits per heavy atom. The molecule has 152 valence electrons. The number of hydrogen-bond donors (Lipinski definition) is 0. The van der Waals surface area contributed by atoms with Crippen LogP contribution in [0.5, 0.6) is 0 Å². The van der Waals surface area contributed by atoms with E-state index in [4.69, 9.17) is 15.1 Å². The third-order valence-electron chi connectivity index (χ3n) is 5.48. The first-order valence-corrected chi connectivity index (χ1v) is 11.4. The molecule has 0 aromatic carbocycles. The van der Waals surface area contributed by atoms with Gasteiger partial charge in [0.05, 0.1) is 22.0 Å². The van der Waals surface area contributed by atoms with Crippen molar-refractivity contribution in [3.05, 3.63) is 28.7 Å². The molecule has 3 aromatic heterocycles. The second kappa shape index (κ2) is 8.60. The first-order valence-electron chi connectivity index (χ1n) is 10.5. The third-order valence-corrected chi connectivity index (χ3v) is 6.71. The molecule has 0 amide bonds. The number of aryl methyl sites for hydroxylation is 3. The third kappa shape index (κ3) is 3.66. The Hall–Kier alpha value is -1.95. The average molecular weight is 400 g/mol. The highest BCUT2D eigenvalue weighted by molar-refractivity contribution is 7.19. The molecule has 0 N–H and O–H groups in total. The van der Waals surface area contributed by atoms with Crippen LogP contribution >= 0.6 is 11.3 Å².